The van der Waals surface area contributed by atoms with E-state index < -0.39 is 6.10 Å². The number of aliphatic hydroxyl groups is 1. The zero-order chi connectivity index (χ0) is 20.5. The molecule has 1 aliphatic heterocycles. The molecule has 0 spiro atoms. The number of benzene rings is 1. The number of anilines is 1. The molecule has 7 nitrogen and oxygen atoms in total. The van der Waals surface area contributed by atoms with Gasteiger partial charge < -0.3 is 14.6 Å². The predicted molar refractivity (Wildman–Crippen MR) is 116 cm³/mol. The van der Waals surface area contributed by atoms with Gasteiger partial charge in [-0.1, -0.05) is 12.1 Å². The average molecular weight is 400 g/mol. The normalized spacial score (nSPS) is 16.1. The number of aryl methyl sites for hydroxylation is 1. The summed E-state index contributed by atoms with van der Waals surface area (Å²) in [6.07, 6.45) is 8.37. The van der Waals surface area contributed by atoms with Crippen LogP contribution in [0, 0.1) is 5.92 Å². The second-order valence-electron chi connectivity index (χ2n) is 7.79. The number of nitrogens with zero attached hydrogens (tertiary/aromatic N) is 6. The van der Waals surface area contributed by atoms with Crippen molar-refractivity contribution in [1.82, 2.24) is 24.5 Å². The summed E-state index contributed by atoms with van der Waals surface area (Å²) >= 11 is 0. The maximum atomic E-state index is 10.8. The highest BCUT2D eigenvalue weighted by molar-refractivity contribution is 5.91. The van der Waals surface area contributed by atoms with E-state index in [0.717, 1.165) is 54.0 Å². The molecule has 30 heavy (non-hydrogen) atoms. The summed E-state index contributed by atoms with van der Waals surface area (Å²) in [5.41, 5.74) is 1.89. The summed E-state index contributed by atoms with van der Waals surface area (Å²) in [5.74, 6) is 2.59. The van der Waals surface area contributed by atoms with Crippen molar-refractivity contribution in [2.24, 2.45) is 13.0 Å². The van der Waals surface area contributed by atoms with E-state index >= 15 is 0 Å². The first kappa shape index (κ1) is 18.7. The molecular formula is C23H24N6O. The van der Waals surface area contributed by atoms with Crippen LogP contribution in [-0.4, -0.2) is 42.7 Å². The third-order valence-electron chi connectivity index (χ3n) is 5.93. The van der Waals surface area contributed by atoms with Gasteiger partial charge >= 0.3 is 0 Å². The van der Waals surface area contributed by atoms with Crippen molar-refractivity contribution in [2.45, 2.75) is 18.9 Å². The fraction of sp³-hybridized carbons (Fsp3) is 0.304. The first-order chi connectivity index (χ1) is 14.7. The number of hydrogen-bond acceptors (Lipinski definition) is 6. The molecule has 0 aliphatic carbocycles. The van der Waals surface area contributed by atoms with Crippen molar-refractivity contribution >= 4 is 16.7 Å². The fourth-order valence-corrected chi connectivity index (χ4v) is 4.23. The molecule has 0 bridgehead atoms. The van der Waals surface area contributed by atoms with Gasteiger partial charge in [0.2, 0.25) is 0 Å². The summed E-state index contributed by atoms with van der Waals surface area (Å²) in [5, 5.41) is 11.9. The highest BCUT2D eigenvalue weighted by atomic mass is 16.3. The number of pyridine rings is 1. The van der Waals surface area contributed by atoms with Crippen LogP contribution in [0.25, 0.3) is 22.3 Å². The molecule has 1 saturated heterocycles. The molecule has 0 amide bonds. The standard InChI is InChI=1S/C23H24N6O/c1-28-15-12-25-23(28)20(30)16-8-13-29(14-9-16)22-18-4-2-3-5-19(18)26-21(27-22)17-6-10-24-11-7-17/h2-7,10-12,15-16,20,30H,8-9,13-14H2,1H3. The predicted octanol–water partition coefficient (Wildman–Crippen LogP) is 3.38. The Bertz CT molecular complexity index is 1150. The Kier molecular flexibility index (Phi) is 4.88. The van der Waals surface area contributed by atoms with Crippen molar-refractivity contribution in [1.29, 1.82) is 0 Å². The molecular weight excluding hydrogens is 376 g/mol. The van der Waals surface area contributed by atoms with E-state index in [1.54, 1.807) is 18.6 Å². The molecule has 4 aromatic rings. The van der Waals surface area contributed by atoms with Crippen molar-refractivity contribution in [3.05, 3.63) is 67.0 Å². The lowest BCUT2D eigenvalue weighted by Crippen LogP contribution is -2.36. The van der Waals surface area contributed by atoms with E-state index in [4.69, 9.17) is 9.97 Å². The number of imidazole rings is 1. The zero-order valence-electron chi connectivity index (χ0n) is 16.9. The smallest absolute Gasteiger partial charge is 0.162 e. The first-order valence-electron chi connectivity index (χ1n) is 10.3. The van der Waals surface area contributed by atoms with Crippen LogP contribution in [-0.2, 0) is 7.05 Å². The van der Waals surface area contributed by atoms with E-state index in [1.165, 1.54) is 0 Å². The summed E-state index contributed by atoms with van der Waals surface area (Å²) in [4.78, 5) is 20.5. The third-order valence-corrected chi connectivity index (χ3v) is 5.93. The minimum atomic E-state index is -0.540. The van der Waals surface area contributed by atoms with Gasteiger partial charge in [0, 0.05) is 55.9 Å². The van der Waals surface area contributed by atoms with Crippen LogP contribution in [0.15, 0.2) is 61.2 Å². The Balaban J connectivity index is 1.43. The van der Waals surface area contributed by atoms with Gasteiger partial charge in [0.05, 0.1) is 5.52 Å². The van der Waals surface area contributed by atoms with E-state index in [-0.39, 0.29) is 5.92 Å². The van der Waals surface area contributed by atoms with Gasteiger partial charge in [0.1, 0.15) is 17.7 Å². The highest BCUT2D eigenvalue weighted by Gasteiger charge is 2.29. The van der Waals surface area contributed by atoms with E-state index in [9.17, 15) is 5.11 Å². The first-order valence-corrected chi connectivity index (χ1v) is 10.3. The molecule has 4 heterocycles. The van der Waals surface area contributed by atoms with Crippen LogP contribution in [0.3, 0.4) is 0 Å². The van der Waals surface area contributed by atoms with Crippen LogP contribution in [0.2, 0.25) is 0 Å². The molecule has 0 radical (unpaired) electrons. The lowest BCUT2D eigenvalue weighted by Gasteiger charge is -2.35. The zero-order valence-corrected chi connectivity index (χ0v) is 16.9. The highest BCUT2D eigenvalue weighted by Crippen LogP contribution is 2.34. The Hall–Kier alpha value is -3.32. The largest absolute Gasteiger partial charge is 0.385 e. The molecule has 1 aliphatic rings. The molecule has 5 rings (SSSR count). The monoisotopic (exact) mass is 400 g/mol. The van der Waals surface area contributed by atoms with E-state index in [0.29, 0.717) is 5.82 Å². The maximum absolute atomic E-state index is 10.8. The molecule has 152 valence electrons. The van der Waals surface area contributed by atoms with Crippen molar-refractivity contribution in [3.63, 3.8) is 0 Å². The van der Waals surface area contributed by atoms with Crippen LogP contribution in [0.4, 0.5) is 5.82 Å². The number of aliphatic hydroxyl groups excluding tert-OH is 1. The number of para-hydroxylation sites is 1. The summed E-state index contributed by atoms with van der Waals surface area (Å²) < 4.78 is 1.90. The van der Waals surface area contributed by atoms with Crippen LogP contribution in [0.5, 0.6) is 0 Å². The molecule has 3 aromatic heterocycles. The Labute approximate surface area is 175 Å². The summed E-state index contributed by atoms with van der Waals surface area (Å²) in [6.45, 7) is 1.67. The van der Waals surface area contributed by atoms with Crippen molar-refractivity contribution < 1.29 is 5.11 Å². The van der Waals surface area contributed by atoms with Gasteiger partial charge in [-0.05, 0) is 43.0 Å². The van der Waals surface area contributed by atoms with Crippen LogP contribution in [0.1, 0.15) is 24.8 Å². The molecule has 1 aromatic carbocycles. The number of rotatable bonds is 4. The van der Waals surface area contributed by atoms with E-state index in [1.807, 2.05) is 48.1 Å². The second-order valence-corrected chi connectivity index (χ2v) is 7.79. The Morgan fingerprint density at radius 2 is 1.77 bits per heavy atom. The van der Waals surface area contributed by atoms with Gasteiger partial charge in [-0.2, -0.15) is 0 Å². The number of piperidine rings is 1. The topological polar surface area (TPSA) is 80.0 Å². The molecule has 1 atom stereocenters. The van der Waals surface area contributed by atoms with Gasteiger partial charge in [-0.25, -0.2) is 15.0 Å². The third kappa shape index (κ3) is 3.41. The molecule has 1 N–H and O–H groups in total. The van der Waals surface area contributed by atoms with E-state index in [2.05, 4.69) is 20.9 Å². The van der Waals surface area contributed by atoms with Crippen LogP contribution >= 0.6 is 0 Å². The molecule has 0 saturated carbocycles. The second kappa shape index (κ2) is 7.84. The van der Waals surface area contributed by atoms with Gasteiger partial charge in [0.15, 0.2) is 5.82 Å². The van der Waals surface area contributed by atoms with Gasteiger partial charge in [-0.15, -0.1) is 0 Å². The lowest BCUT2D eigenvalue weighted by molar-refractivity contribution is 0.0824. The SMILES string of the molecule is Cn1ccnc1C(O)C1CCN(c2nc(-c3ccncc3)nc3ccccc23)CC1. The van der Waals surface area contributed by atoms with Gasteiger partial charge in [-0.3, -0.25) is 4.98 Å². The minimum absolute atomic E-state index is 0.190. The minimum Gasteiger partial charge on any atom is -0.385 e. The lowest BCUT2D eigenvalue weighted by atomic mass is 9.90. The Morgan fingerprint density at radius 3 is 2.50 bits per heavy atom. The number of aromatic nitrogens is 5. The molecule has 1 unspecified atom stereocenters. The van der Waals surface area contributed by atoms with Gasteiger partial charge in [0.25, 0.3) is 0 Å². The Morgan fingerprint density at radius 1 is 1.00 bits per heavy atom. The number of fused-ring (bicyclic) bond motifs is 1. The van der Waals surface area contributed by atoms with Crippen LogP contribution < -0.4 is 4.90 Å². The van der Waals surface area contributed by atoms with Crippen molar-refractivity contribution in [3.8, 4) is 11.4 Å². The van der Waals surface area contributed by atoms with Crippen molar-refractivity contribution in [2.75, 3.05) is 18.0 Å². The average Bonchev–Trinajstić information content (AvgIpc) is 3.24. The molecule has 7 heteroatoms. The maximum Gasteiger partial charge on any atom is 0.162 e. The number of hydrogen-bond donors (Lipinski definition) is 1. The summed E-state index contributed by atoms with van der Waals surface area (Å²) in [6, 6.07) is 12.0. The summed E-state index contributed by atoms with van der Waals surface area (Å²) in [7, 11) is 1.92. The quantitative estimate of drug-likeness (QED) is 0.566. The molecule has 1 fully saturated rings. The fourth-order valence-electron chi connectivity index (χ4n) is 4.23.